The number of aromatic carboxylic acids is 1. The molecule has 0 aromatic carbocycles. The number of aromatic nitrogens is 1. The van der Waals surface area contributed by atoms with E-state index in [1.807, 2.05) is 0 Å². The minimum absolute atomic E-state index is 0.0363. The summed E-state index contributed by atoms with van der Waals surface area (Å²) in [5.41, 5.74) is 0.192. The number of amides is 1. The molecule has 2 atom stereocenters. The zero-order chi connectivity index (χ0) is 13.8. The highest BCUT2D eigenvalue weighted by Gasteiger charge is 2.25. The molecule has 1 heterocycles. The zero-order valence-electron chi connectivity index (χ0n) is 10.4. The van der Waals surface area contributed by atoms with Crippen molar-refractivity contribution < 1.29 is 19.8 Å². The van der Waals surface area contributed by atoms with Crippen molar-refractivity contribution in [3.05, 3.63) is 29.6 Å². The first-order valence-electron chi connectivity index (χ1n) is 6.26. The molecule has 19 heavy (non-hydrogen) atoms. The number of carbonyl (C=O) groups excluding carboxylic acids is 1. The van der Waals surface area contributed by atoms with Gasteiger partial charge in [0.1, 0.15) is 5.69 Å². The molecule has 1 fully saturated rings. The third-order valence-corrected chi connectivity index (χ3v) is 3.29. The molecule has 1 aromatic heterocycles. The molecule has 0 aliphatic heterocycles. The number of pyridine rings is 1. The fourth-order valence-corrected chi connectivity index (χ4v) is 2.18. The van der Waals surface area contributed by atoms with Gasteiger partial charge >= 0.3 is 5.97 Å². The van der Waals surface area contributed by atoms with E-state index in [-0.39, 0.29) is 23.2 Å². The number of carboxylic acids is 1. The second-order valence-corrected chi connectivity index (χ2v) is 4.67. The van der Waals surface area contributed by atoms with Crippen molar-refractivity contribution in [1.29, 1.82) is 0 Å². The van der Waals surface area contributed by atoms with Crippen LogP contribution in [0, 0.1) is 0 Å². The number of carbonyl (C=O) groups is 2. The highest BCUT2D eigenvalue weighted by molar-refractivity contribution is 5.93. The summed E-state index contributed by atoms with van der Waals surface area (Å²) >= 11 is 0. The standard InChI is InChI=1S/C13H16N2O4/c16-11-4-2-1-3-9(11)15-12(17)10-6-5-8(7-14-10)13(18)19/h5-7,9,11,16H,1-4H2,(H,15,17)(H,18,19). The van der Waals surface area contributed by atoms with E-state index < -0.39 is 12.1 Å². The Morgan fingerprint density at radius 1 is 1.26 bits per heavy atom. The summed E-state index contributed by atoms with van der Waals surface area (Å²) in [5.74, 6) is -1.47. The van der Waals surface area contributed by atoms with Crippen molar-refractivity contribution in [2.75, 3.05) is 0 Å². The first-order chi connectivity index (χ1) is 9.08. The fraction of sp³-hybridized carbons (Fsp3) is 0.462. The van der Waals surface area contributed by atoms with Gasteiger partial charge in [0.15, 0.2) is 0 Å². The average Bonchev–Trinajstić information content (AvgIpc) is 2.41. The molecule has 2 unspecified atom stereocenters. The van der Waals surface area contributed by atoms with Crippen LogP contribution in [-0.4, -0.2) is 39.2 Å². The molecule has 6 nitrogen and oxygen atoms in total. The summed E-state index contributed by atoms with van der Waals surface area (Å²) < 4.78 is 0. The monoisotopic (exact) mass is 264 g/mol. The van der Waals surface area contributed by atoms with E-state index in [0.717, 1.165) is 25.5 Å². The Kier molecular flexibility index (Phi) is 4.11. The summed E-state index contributed by atoms with van der Waals surface area (Å²) in [6.07, 6.45) is 4.02. The quantitative estimate of drug-likeness (QED) is 0.750. The molecule has 6 heteroatoms. The number of hydrogen-bond donors (Lipinski definition) is 3. The molecule has 1 aliphatic rings. The third kappa shape index (κ3) is 3.29. The first kappa shape index (κ1) is 13.5. The second-order valence-electron chi connectivity index (χ2n) is 4.67. The van der Waals surface area contributed by atoms with Crippen LogP contribution in [0.5, 0.6) is 0 Å². The largest absolute Gasteiger partial charge is 0.478 e. The number of nitrogens with one attached hydrogen (secondary N) is 1. The topological polar surface area (TPSA) is 99.5 Å². The molecule has 2 rings (SSSR count). The van der Waals surface area contributed by atoms with Crippen molar-refractivity contribution in [1.82, 2.24) is 10.3 Å². The Hall–Kier alpha value is -1.95. The molecule has 3 N–H and O–H groups in total. The molecule has 1 saturated carbocycles. The van der Waals surface area contributed by atoms with E-state index in [0.29, 0.717) is 6.42 Å². The van der Waals surface area contributed by atoms with Crippen LogP contribution in [0.4, 0.5) is 0 Å². The van der Waals surface area contributed by atoms with Gasteiger partial charge < -0.3 is 15.5 Å². The number of rotatable bonds is 3. The normalized spacial score (nSPS) is 22.8. The van der Waals surface area contributed by atoms with Gasteiger partial charge in [-0.15, -0.1) is 0 Å². The van der Waals surface area contributed by atoms with Gasteiger partial charge in [-0.3, -0.25) is 9.78 Å². The summed E-state index contributed by atoms with van der Waals surface area (Å²) in [6, 6.07) is 2.46. The van der Waals surface area contributed by atoms with E-state index in [4.69, 9.17) is 5.11 Å². The Morgan fingerprint density at radius 3 is 2.58 bits per heavy atom. The lowest BCUT2D eigenvalue weighted by Gasteiger charge is -2.28. The smallest absolute Gasteiger partial charge is 0.337 e. The van der Waals surface area contributed by atoms with Crippen molar-refractivity contribution in [3.63, 3.8) is 0 Å². The van der Waals surface area contributed by atoms with Gasteiger partial charge in [0.2, 0.25) is 0 Å². The van der Waals surface area contributed by atoms with Gasteiger partial charge in [0.25, 0.3) is 5.91 Å². The van der Waals surface area contributed by atoms with Crippen molar-refractivity contribution in [2.24, 2.45) is 0 Å². The van der Waals surface area contributed by atoms with E-state index in [2.05, 4.69) is 10.3 Å². The van der Waals surface area contributed by atoms with E-state index in [9.17, 15) is 14.7 Å². The van der Waals surface area contributed by atoms with Gasteiger partial charge in [-0.05, 0) is 25.0 Å². The summed E-state index contributed by atoms with van der Waals surface area (Å²) in [6.45, 7) is 0. The average molecular weight is 264 g/mol. The van der Waals surface area contributed by atoms with Crippen LogP contribution in [0.15, 0.2) is 18.3 Å². The Morgan fingerprint density at radius 2 is 2.00 bits per heavy atom. The molecule has 0 bridgehead atoms. The summed E-state index contributed by atoms with van der Waals surface area (Å²) in [5, 5.41) is 21.2. The number of aliphatic hydroxyl groups excluding tert-OH is 1. The number of aliphatic hydroxyl groups is 1. The predicted molar refractivity (Wildman–Crippen MR) is 66.9 cm³/mol. The van der Waals surface area contributed by atoms with E-state index >= 15 is 0 Å². The van der Waals surface area contributed by atoms with Crippen LogP contribution in [0.1, 0.15) is 46.5 Å². The maximum absolute atomic E-state index is 11.9. The fourth-order valence-electron chi connectivity index (χ4n) is 2.18. The molecule has 1 amide bonds. The highest BCUT2D eigenvalue weighted by atomic mass is 16.4. The Bertz CT molecular complexity index is 472. The summed E-state index contributed by atoms with van der Waals surface area (Å²) in [4.78, 5) is 26.4. The summed E-state index contributed by atoms with van der Waals surface area (Å²) in [7, 11) is 0. The van der Waals surface area contributed by atoms with Crippen LogP contribution in [-0.2, 0) is 0 Å². The lowest BCUT2D eigenvalue weighted by Crippen LogP contribution is -2.45. The molecule has 102 valence electrons. The van der Waals surface area contributed by atoms with Crippen molar-refractivity contribution in [2.45, 2.75) is 37.8 Å². The number of carboxylic acid groups (broad SMARTS) is 1. The molecule has 0 radical (unpaired) electrons. The van der Waals surface area contributed by atoms with Crippen molar-refractivity contribution >= 4 is 11.9 Å². The van der Waals surface area contributed by atoms with E-state index in [1.54, 1.807) is 0 Å². The van der Waals surface area contributed by atoms with Crippen LogP contribution < -0.4 is 5.32 Å². The number of hydrogen-bond acceptors (Lipinski definition) is 4. The number of nitrogens with zero attached hydrogens (tertiary/aromatic N) is 1. The predicted octanol–water partition coefficient (Wildman–Crippen LogP) is 0.813. The Balaban J connectivity index is 2.01. The molecule has 1 aromatic rings. The molecule has 0 saturated heterocycles. The third-order valence-electron chi connectivity index (χ3n) is 3.29. The molecule has 1 aliphatic carbocycles. The molecular formula is C13H16N2O4. The lowest BCUT2D eigenvalue weighted by atomic mass is 9.92. The van der Waals surface area contributed by atoms with Crippen LogP contribution in [0.3, 0.4) is 0 Å². The minimum Gasteiger partial charge on any atom is -0.478 e. The Labute approximate surface area is 110 Å². The van der Waals surface area contributed by atoms with Crippen molar-refractivity contribution in [3.8, 4) is 0 Å². The SMILES string of the molecule is O=C(O)c1ccc(C(=O)NC2CCCCC2O)nc1. The van der Waals surface area contributed by atoms with Crippen LogP contribution in [0.2, 0.25) is 0 Å². The maximum Gasteiger partial charge on any atom is 0.337 e. The van der Waals surface area contributed by atoms with E-state index in [1.165, 1.54) is 12.1 Å². The van der Waals surface area contributed by atoms with Gasteiger partial charge in [0, 0.05) is 6.20 Å². The van der Waals surface area contributed by atoms with Crippen LogP contribution in [0.25, 0.3) is 0 Å². The molecular weight excluding hydrogens is 248 g/mol. The van der Waals surface area contributed by atoms with Crippen LogP contribution >= 0.6 is 0 Å². The lowest BCUT2D eigenvalue weighted by molar-refractivity contribution is 0.0692. The highest BCUT2D eigenvalue weighted by Crippen LogP contribution is 2.18. The van der Waals surface area contributed by atoms with Gasteiger partial charge in [-0.2, -0.15) is 0 Å². The molecule has 0 spiro atoms. The first-order valence-corrected chi connectivity index (χ1v) is 6.26. The zero-order valence-corrected chi connectivity index (χ0v) is 10.4. The van der Waals surface area contributed by atoms with Gasteiger partial charge in [-0.25, -0.2) is 4.79 Å². The minimum atomic E-state index is -1.08. The van der Waals surface area contributed by atoms with Gasteiger partial charge in [0.05, 0.1) is 17.7 Å². The second kappa shape index (κ2) is 5.79. The van der Waals surface area contributed by atoms with Gasteiger partial charge in [-0.1, -0.05) is 12.8 Å². The maximum atomic E-state index is 11.9.